The Morgan fingerprint density at radius 1 is 1.12 bits per heavy atom. The number of carbonyl (C=O) groups excluding carboxylic acids is 1. The highest BCUT2D eigenvalue weighted by molar-refractivity contribution is 7.89. The van der Waals surface area contributed by atoms with Gasteiger partial charge in [0, 0.05) is 12.1 Å². The predicted molar refractivity (Wildman–Crippen MR) is 92.8 cm³/mol. The summed E-state index contributed by atoms with van der Waals surface area (Å²) in [5.74, 6) is 0.696. The van der Waals surface area contributed by atoms with Gasteiger partial charge < -0.3 is 4.74 Å². The fourth-order valence-electron chi connectivity index (χ4n) is 2.35. The van der Waals surface area contributed by atoms with Gasteiger partial charge in [-0.15, -0.1) is 0 Å². The van der Waals surface area contributed by atoms with Crippen molar-refractivity contribution in [2.24, 2.45) is 0 Å². The fraction of sp³-hybridized carbons (Fsp3) is 0.278. The molecule has 0 unspecified atom stereocenters. The van der Waals surface area contributed by atoms with E-state index in [4.69, 9.17) is 4.74 Å². The maximum atomic E-state index is 12.3. The molecular formula is C18H21NO4S. The number of sulfonamides is 1. The van der Waals surface area contributed by atoms with Crippen molar-refractivity contribution in [3.63, 3.8) is 0 Å². The molecule has 2 rings (SSSR count). The number of carbonyl (C=O) groups is 1. The molecule has 128 valence electrons. The minimum atomic E-state index is -3.63. The van der Waals surface area contributed by atoms with Crippen molar-refractivity contribution >= 4 is 15.8 Å². The Morgan fingerprint density at radius 2 is 1.79 bits per heavy atom. The topological polar surface area (TPSA) is 72.5 Å². The van der Waals surface area contributed by atoms with Crippen LogP contribution >= 0.6 is 0 Å². The molecule has 0 spiro atoms. The third-order valence-corrected chi connectivity index (χ3v) is 5.18. The van der Waals surface area contributed by atoms with Crippen LogP contribution in [0.1, 0.15) is 35.3 Å². The standard InChI is InChI=1S/C18H21NO4S/c1-4-15-11-14(5-10-18(15)23-3)12-19-24(21,22)17-8-6-16(7-9-17)13(2)20/h5-11,19H,4,12H2,1-3H3. The van der Waals surface area contributed by atoms with Crippen LogP contribution in [0, 0.1) is 0 Å². The number of hydrogen-bond donors (Lipinski definition) is 1. The van der Waals surface area contributed by atoms with E-state index in [1.165, 1.54) is 31.2 Å². The summed E-state index contributed by atoms with van der Waals surface area (Å²) in [7, 11) is -2.02. The summed E-state index contributed by atoms with van der Waals surface area (Å²) in [5, 5.41) is 0. The summed E-state index contributed by atoms with van der Waals surface area (Å²) in [4.78, 5) is 11.4. The lowest BCUT2D eigenvalue weighted by molar-refractivity contribution is 0.101. The molecule has 6 heteroatoms. The Bertz CT molecular complexity index is 827. The number of Topliss-reactive ketones (excluding diaryl/α,β-unsaturated/α-hetero) is 1. The number of nitrogens with one attached hydrogen (secondary N) is 1. The van der Waals surface area contributed by atoms with E-state index in [9.17, 15) is 13.2 Å². The van der Waals surface area contributed by atoms with Crippen LogP contribution in [0.2, 0.25) is 0 Å². The molecule has 0 aliphatic heterocycles. The van der Waals surface area contributed by atoms with Gasteiger partial charge in [-0.2, -0.15) is 0 Å². The summed E-state index contributed by atoms with van der Waals surface area (Å²) in [5.41, 5.74) is 2.37. The van der Waals surface area contributed by atoms with Gasteiger partial charge in [-0.1, -0.05) is 31.2 Å². The van der Waals surface area contributed by atoms with E-state index in [2.05, 4.69) is 4.72 Å². The van der Waals surface area contributed by atoms with Crippen LogP contribution in [-0.4, -0.2) is 21.3 Å². The minimum Gasteiger partial charge on any atom is -0.496 e. The van der Waals surface area contributed by atoms with Gasteiger partial charge in [0.2, 0.25) is 10.0 Å². The van der Waals surface area contributed by atoms with Gasteiger partial charge in [-0.3, -0.25) is 4.79 Å². The van der Waals surface area contributed by atoms with E-state index in [1.807, 2.05) is 25.1 Å². The van der Waals surface area contributed by atoms with E-state index in [0.717, 1.165) is 23.3 Å². The molecule has 0 aliphatic rings. The number of ether oxygens (including phenoxy) is 1. The summed E-state index contributed by atoms with van der Waals surface area (Å²) < 4.78 is 32.5. The van der Waals surface area contributed by atoms with Crippen molar-refractivity contribution in [3.8, 4) is 5.75 Å². The zero-order chi connectivity index (χ0) is 17.7. The number of ketones is 1. The quantitative estimate of drug-likeness (QED) is 0.782. The molecule has 1 N–H and O–H groups in total. The lowest BCUT2D eigenvalue weighted by atomic mass is 10.1. The molecule has 0 aromatic heterocycles. The molecule has 0 saturated carbocycles. The Kier molecular flexibility index (Phi) is 5.75. The van der Waals surface area contributed by atoms with Crippen molar-refractivity contribution in [2.75, 3.05) is 7.11 Å². The van der Waals surface area contributed by atoms with Crippen LogP contribution in [0.4, 0.5) is 0 Å². The van der Waals surface area contributed by atoms with Crippen LogP contribution in [-0.2, 0) is 23.0 Å². The van der Waals surface area contributed by atoms with Gasteiger partial charge in [-0.05, 0) is 42.7 Å². The Hall–Kier alpha value is -2.18. The van der Waals surface area contributed by atoms with Crippen LogP contribution < -0.4 is 9.46 Å². The third kappa shape index (κ3) is 4.21. The second kappa shape index (κ2) is 7.59. The number of benzene rings is 2. The summed E-state index contributed by atoms with van der Waals surface area (Å²) in [6.45, 7) is 3.65. The summed E-state index contributed by atoms with van der Waals surface area (Å²) in [6.07, 6.45) is 0.802. The predicted octanol–water partition coefficient (Wildman–Crippen LogP) is 2.94. The van der Waals surface area contributed by atoms with Crippen LogP contribution in [0.5, 0.6) is 5.75 Å². The smallest absolute Gasteiger partial charge is 0.240 e. The first-order valence-electron chi connectivity index (χ1n) is 7.64. The van der Waals surface area contributed by atoms with Gasteiger partial charge in [-0.25, -0.2) is 13.1 Å². The highest BCUT2D eigenvalue weighted by atomic mass is 32.2. The minimum absolute atomic E-state index is 0.0998. The average molecular weight is 347 g/mol. The molecule has 5 nitrogen and oxygen atoms in total. The van der Waals surface area contributed by atoms with Gasteiger partial charge in [0.25, 0.3) is 0 Å². The van der Waals surface area contributed by atoms with E-state index in [-0.39, 0.29) is 17.2 Å². The van der Waals surface area contributed by atoms with E-state index in [1.54, 1.807) is 7.11 Å². The van der Waals surface area contributed by atoms with Gasteiger partial charge in [0.05, 0.1) is 12.0 Å². The highest BCUT2D eigenvalue weighted by Crippen LogP contribution is 2.20. The Balaban J connectivity index is 2.14. The van der Waals surface area contributed by atoms with E-state index in [0.29, 0.717) is 5.56 Å². The lowest BCUT2D eigenvalue weighted by Gasteiger charge is -2.11. The normalized spacial score (nSPS) is 11.3. The van der Waals surface area contributed by atoms with Crippen molar-refractivity contribution in [1.29, 1.82) is 0 Å². The molecule has 0 atom stereocenters. The van der Waals surface area contributed by atoms with Crippen molar-refractivity contribution < 1.29 is 17.9 Å². The van der Waals surface area contributed by atoms with Gasteiger partial charge >= 0.3 is 0 Å². The first-order chi connectivity index (χ1) is 11.4. The van der Waals surface area contributed by atoms with Crippen molar-refractivity contribution in [3.05, 3.63) is 59.2 Å². The molecule has 0 amide bonds. The number of hydrogen-bond acceptors (Lipinski definition) is 4. The largest absolute Gasteiger partial charge is 0.496 e. The first-order valence-corrected chi connectivity index (χ1v) is 9.12. The van der Waals surface area contributed by atoms with E-state index < -0.39 is 10.0 Å². The Morgan fingerprint density at radius 3 is 2.33 bits per heavy atom. The number of aryl methyl sites for hydroxylation is 1. The fourth-order valence-corrected chi connectivity index (χ4v) is 3.37. The molecule has 2 aromatic carbocycles. The molecule has 0 heterocycles. The summed E-state index contributed by atoms with van der Waals surface area (Å²) in [6, 6.07) is 11.5. The molecule has 0 bridgehead atoms. The molecule has 0 radical (unpaired) electrons. The zero-order valence-corrected chi connectivity index (χ0v) is 14.8. The third-order valence-electron chi connectivity index (χ3n) is 3.76. The number of rotatable bonds is 7. The van der Waals surface area contributed by atoms with Gasteiger partial charge in [0.15, 0.2) is 5.78 Å². The van der Waals surface area contributed by atoms with E-state index >= 15 is 0 Å². The van der Waals surface area contributed by atoms with Crippen LogP contribution in [0.25, 0.3) is 0 Å². The van der Waals surface area contributed by atoms with Crippen LogP contribution in [0.15, 0.2) is 47.4 Å². The van der Waals surface area contributed by atoms with Gasteiger partial charge in [0.1, 0.15) is 5.75 Å². The average Bonchev–Trinajstić information content (AvgIpc) is 2.59. The van der Waals surface area contributed by atoms with Crippen molar-refractivity contribution in [1.82, 2.24) is 4.72 Å². The maximum Gasteiger partial charge on any atom is 0.240 e. The molecule has 2 aromatic rings. The van der Waals surface area contributed by atoms with Crippen LogP contribution in [0.3, 0.4) is 0 Å². The molecule has 0 fully saturated rings. The molecular weight excluding hydrogens is 326 g/mol. The molecule has 24 heavy (non-hydrogen) atoms. The zero-order valence-electron chi connectivity index (χ0n) is 14.0. The Labute approximate surface area is 142 Å². The molecule has 0 saturated heterocycles. The monoisotopic (exact) mass is 347 g/mol. The lowest BCUT2D eigenvalue weighted by Crippen LogP contribution is -2.23. The SMILES string of the molecule is CCc1cc(CNS(=O)(=O)c2ccc(C(C)=O)cc2)ccc1OC. The first kappa shape index (κ1) is 18.2. The second-order valence-corrected chi connectivity index (χ2v) is 7.17. The highest BCUT2D eigenvalue weighted by Gasteiger charge is 2.14. The maximum absolute atomic E-state index is 12.3. The number of methoxy groups -OCH3 is 1. The molecule has 0 aliphatic carbocycles. The summed E-state index contributed by atoms with van der Waals surface area (Å²) >= 11 is 0. The second-order valence-electron chi connectivity index (χ2n) is 5.40. The van der Waals surface area contributed by atoms with Crippen molar-refractivity contribution in [2.45, 2.75) is 31.7 Å².